The summed E-state index contributed by atoms with van der Waals surface area (Å²) in [6.45, 7) is 5.22. The molecule has 0 saturated carbocycles. The van der Waals surface area contributed by atoms with Crippen molar-refractivity contribution in [2.24, 2.45) is 11.8 Å². The van der Waals surface area contributed by atoms with Crippen LogP contribution in [0.1, 0.15) is 5.56 Å². The molecular weight excluding hydrogens is 285 g/mol. The number of fused-ring (bicyclic) bond motifs is 1. The van der Waals surface area contributed by atoms with Crippen molar-refractivity contribution in [2.75, 3.05) is 26.2 Å². The number of rotatable bonds is 3. The highest BCUT2D eigenvalue weighted by atomic mass is 32.2. The fourth-order valence-corrected chi connectivity index (χ4v) is 3.68. The fourth-order valence-electron chi connectivity index (χ4n) is 3.14. The number of alkyl halides is 3. The number of likely N-dealkylation sites (tertiary alicyclic amines) is 1. The molecule has 0 aromatic heterocycles. The molecule has 1 aromatic rings. The van der Waals surface area contributed by atoms with Gasteiger partial charge in [-0.15, -0.1) is 0 Å². The highest BCUT2D eigenvalue weighted by Gasteiger charge is 2.35. The van der Waals surface area contributed by atoms with Gasteiger partial charge in [0.25, 0.3) is 0 Å². The molecule has 0 radical (unpaired) electrons. The third-order valence-electron chi connectivity index (χ3n) is 4.03. The molecule has 0 spiro atoms. The Morgan fingerprint density at radius 1 is 1.10 bits per heavy atom. The van der Waals surface area contributed by atoms with E-state index in [9.17, 15) is 13.2 Å². The third-order valence-corrected chi connectivity index (χ3v) is 4.77. The first-order chi connectivity index (χ1) is 9.49. The Bertz CT molecular complexity index is 448. The number of hydrogen-bond acceptors (Lipinski definition) is 3. The van der Waals surface area contributed by atoms with Gasteiger partial charge in [0, 0.05) is 24.5 Å². The number of hydrogen-bond donors (Lipinski definition) is 1. The summed E-state index contributed by atoms with van der Waals surface area (Å²) in [7, 11) is 0. The zero-order valence-corrected chi connectivity index (χ0v) is 11.8. The van der Waals surface area contributed by atoms with Gasteiger partial charge in [0.05, 0.1) is 0 Å². The monoisotopic (exact) mass is 302 g/mol. The zero-order valence-electron chi connectivity index (χ0n) is 11.0. The summed E-state index contributed by atoms with van der Waals surface area (Å²) in [5.41, 5.74) is -3.12. The van der Waals surface area contributed by atoms with Crippen molar-refractivity contribution in [1.82, 2.24) is 10.2 Å². The molecule has 0 aliphatic carbocycles. The van der Waals surface area contributed by atoms with Crippen LogP contribution in [-0.4, -0.2) is 36.6 Å². The van der Waals surface area contributed by atoms with E-state index < -0.39 is 5.51 Å². The van der Waals surface area contributed by atoms with Crippen molar-refractivity contribution in [1.29, 1.82) is 0 Å². The predicted molar refractivity (Wildman–Crippen MR) is 73.5 cm³/mol. The maximum Gasteiger partial charge on any atom is 0.446 e. The maximum atomic E-state index is 12.2. The van der Waals surface area contributed by atoms with E-state index >= 15 is 0 Å². The average molecular weight is 302 g/mol. The van der Waals surface area contributed by atoms with Crippen molar-refractivity contribution < 1.29 is 13.2 Å². The number of nitrogens with zero attached hydrogens (tertiary/aromatic N) is 1. The number of nitrogens with one attached hydrogen (secondary N) is 1. The van der Waals surface area contributed by atoms with Gasteiger partial charge in [-0.1, -0.05) is 12.1 Å². The summed E-state index contributed by atoms with van der Waals surface area (Å²) in [5.74, 6) is 1.49. The Labute approximate surface area is 120 Å². The summed E-state index contributed by atoms with van der Waals surface area (Å²) in [6, 6.07) is 6.73. The van der Waals surface area contributed by atoms with E-state index in [4.69, 9.17) is 0 Å². The molecule has 2 atom stereocenters. The van der Waals surface area contributed by atoms with Crippen LogP contribution in [0.4, 0.5) is 13.2 Å². The van der Waals surface area contributed by atoms with E-state index in [-0.39, 0.29) is 16.7 Å². The molecule has 2 fully saturated rings. The lowest BCUT2D eigenvalue weighted by atomic mass is 10.0. The Balaban J connectivity index is 1.56. The molecule has 0 bridgehead atoms. The summed E-state index contributed by atoms with van der Waals surface area (Å²) < 4.78 is 36.7. The zero-order chi connectivity index (χ0) is 14.2. The standard InChI is InChI=1S/C14H17F3N2S/c15-14(16,17)20-13-3-1-10(2-4-13)7-19-8-11-5-18-6-12(11)9-19/h1-4,11-12,18H,5-9H2. The van der Waals surface area contributed by atoms with Crippen LogP contribution in [0.3, 0.4) is 0 Å². The molecule has 2 unspecified atom stereocenters. The third kappa shape index (κ3) is 3.48. The van der Waals surface area contributed by atoms with Crippen molar-refractivity contribution in [3.8, 4) is 0 Å². The van der Waals surface area contributed by atoms with Crippen molar-refractivity contribution >= 4 is 11.8 Å². The molecule has 2 aliphatic heterocycles. The summed E-state index contributed by atoms with van der Waals surface area (Å²) in [5, 5.41) is 3.40. The summed E-state index contributed by atoms with van der Waals surface area (Å²) in [6.07, 6.45) is 0. The van der Waals surface area contributed by atoms with E-state index in [0.29, 0.717) is 0 Å². The second-order valence-corrected chi connectivity index (χ2v) is 6.70. The van der Waals surface area contributed by atoms with Crippen LogP contribution in [0, 0.1) is 11.8 Å². The highest BCUT2D eigenvalue weighted by Crippen LogP contribution is 2.37. The van der Waals surface area contributed by atoms with E-state index in [1.54, 1.807) is 24.3 Å². The van der Waals surface area contributed by atoms with Gasteiger partial charge in [-0.25, -0.2) is 0 Å². The van der Waals surface area contributed by atoms with Crippen molar-refractivity contribution in [3.63, 3.8) is 0 Å². The van der Waals surface area contributed by atoms with Gasteiger partial charge >= 0.3 is 5.51 Å². The van der Waals surface area contributed by atoms with E-state index in [0.717, 1.165) is 50.1 Å². The van der Waals surface area contributed by atoms with E-state index in [1.807, 2.05) is 0 Å². The minimum absolute atomic E-state index is 0.0561. The molecule has 2 heterocycles. The van der Waals surface area contributed by atoms with Gasteiger partial charge in [-0.2, -0.15) is 13.2 Å². The molecule has 0 amide bonds. The van der Waals surface area contributed by atoms with Crippen LogP contribution in [0.25, 0.3) is 0 Å². The van der Waals surface area contributed by atoms with Crippen LogP contribution in [0.15, 0.2) is 29.2 Å². The molecule has 20 heavy (non-hydrogen) atoms. The van der Waals surface area contributed by atoms with Crippen LogP contribution >= 0.6 is 11.8 Å². The molecule has 1 N–H and O–H groups in total. The normalized spacial score (nSPS) is 26.9. The van der Waals surface area contributed by atoms with Crippen LogP contribution < -0.4 is 5.32 Å². The number of benzene rings is 1. The Kier molecular flexibility index (Phi) is 3.97. The average Bonchev–Trinajstić information content (AvgIpc) is 2.90. The molecule has 2 aliphatic rings. The lowest BCUT2D eigenvalue weighted by molar-refractivity contribution is -0.0328. The topological polar surface area (TPSA) is 15.3 Å². The predicted octanol–water partition coefficient (Wildman–Crippen LogP) is 2.95. The Hall–Kier alpha value is -0.720. The SMILES string of the molecule is FC(F)(F)Sc1ccc(CN2CC3CNCC3C2)cc1. The minimum atomic E-state index is -4.21. The molecule has 2 nitrogen and oxygen atoms in total. The lowest BCUT2D eigenvalue weighted by Crippen LogP contribution is -2.25. The number of thioether (sulfide) groups is 1. The quantitative estimate of drug-likeness (QED) is 0.864. The van der Waals surface area contributed by atoms with Gasteiger partial charge in [0.15, 0.2) is 0 Å². The summed E-state index contributed by atoms with van der Waals surface area (Å²) in [4.78, 5) is 2.66. The Morgan fingerprint density at radius 2 is 1.70 bits per heavy atom. The molecule has 3 rings (SSSR count). The van der Waals surface area contributed by atoms with Crippen molar-refractivity contribution in [2.45, 2.75) is 16.9 Å². The van der Waals surface area contributed by atoms with Gasteiger partial charge in [-0.3, -0.25) is 4.90 Å². The maximum absolute atomic E-state index is 12.2. The molecule has 6 heteroatoms. The molecule has 1 aromatic carbocycles. The smallest absolute Gasteiger partial charge is 0.316 e. The molecular formula is C14H17F3N2S. The minimum Gasteiger partial charge on any atom is -0.316 e. The number of halogens is 3. The second kappa shape index (κ2) is 5.58. The first-order valence-electron chi connectivity index (χ1n) is 6.77. The second-order valence-electron chi connectivity index (χ2n) is 5.56. The van der Waals surface area contributed by atoms with Crippen LogP contribution in [0.5, 0.6) is 0 Å². The van der Waals surface area contributed by atoms with Gasteiger partial charge in [-0.05, 0) is 54.4 Å². The lowest BCUT2D eigenvalue weighted by Gasteiger charge is -2.17. The highest BCUT2D eigenvalue weighted by molar-refractivity contribution is 8.00. The Morgan fingerprint density at radius 3 is 2.25 bits per heavy atom. The summed E-state index contributed by atoms with van der Waals surface area (Å²) >= 11 is -0.0561. The first-order valence-corrected chi connectivity index (χ1v) is 7.59. The van der Waals surface area contributed by atoms with Gasteiger partial charge < -0.3 is 5.32 Å². The largest absolute Gasteiger partial charge is 0.446 e. The van der Waals surface area contributed by atoms with Crippen LogP contribution in [-0.2, 0) is 6.54 Å². The fraction of sp³-hybridized carbons (Fsp3) is 0.571. The molecule has 110 valence electrons. The van der Waals surface area contributed by atoms with E-state index in [1.165, 1.54) is 0 Å². The van der Waals surface area contributed by atoms with E-state index in [2.05, 4.69) is 10.2 Å². The van der Waals surface area contributed by atoms with Gasteiger partial charge in [0.1, 0.15) is 0 Å². The van der Waals surface area contributed by atoms with Crippen LogP contribution in [0.2, 0.25) is 0 Å². The van der Waals surface area contributed by atoms with Gasteiger partial charge in [0.2, 0.25) is 0 Å². The first kappa shape index (κ1) is 14.2. The molecule has 2 saturated heterocycles. The van der Waals surface area contributed by atoms with Crippen molar-refractivity contribution in [3.05, 3.63) is 29.8 Å².